The third-order valence-corrected chi connectivity index (χ3v) is 5.93. The highest BCUT2D eigenvalue weighted by molar-refractivity contribution is 5.87. The fourth-order valence-electron chi connectivity index (χ4n) is 4.60. The van der Waals surface area contributed by atoms with Crippen molar-refractivity contribution < 1.29 is 9.90 Å². The van der Waals surface area contributed by atoms with Gasteiger partial charge in [-0.05, 0) is 63.8 Å². The van der Waals surface area contributed by atoms with Crippen LogP contribution in [0.1, 0.15) is 54.6 Å². The predicted molar refractivity (Wildman–Crippen MR) is 120 cm³/mol. The zero-order valence-corrected chi connectivity index (χ0v) is 18.8. The van der Waals surface area contributed by atoms with E-state index in [1.165, 1.54) is 22.3 Å². The van der Waals surface area contributed by atoms with E-state index in [0.29, 0.717) is 6.54 Å². The van der Waals surface area contributed by atoms with Gasteiger partial charge in [0.25, 0.3) is 0 Å². The number of likely N-dealkylation sites (N-methyl/N-ethyl adjacent to an activating group) is 1. The summed E-state index contributed by atoms with van der Waals surface area (Å²) in [7, 11) is 3.61. The van der Waals surface area contributed by atoms with Crippen molar-refractivity contribution in [3.05, 3.63) is 64.2 Å². The molecule has 2 aromatic rings. The zero-order valence-electron chi connectivity index (χ0n) is 18.8. The minimum Gasteiger partial charge on any atom is -0.392 e. The summed E-state index contributed by atoms with van der Waals surface area (Å²) in [5, 5.41) is 10.1. The Morgan fingerprint density at radius 2 is 1.79 bits per heavy atom. The Labute approximate surface area is 175 Å². The van der Waals surface area contributed by atoms with Crippen molar-refractivity contribution in [2.75, 3.05) is 25.5 Å². The minimum atomic E-state index is -0.578. The van der Waals surface area contributed by atoms with Crippen LogP contribution in [0.3, 0.4) is 0 Å². The normalized spacial score (nSPS) is 17.2. The van der Waals surface area contributed by atoms with Crippen molar-refractivity contribution in [3.8, 4) is 0 Å². The van der Waals surface area contributed by atoms with Gasteiger partial charge in [0.2, 0.25) is 5.91 Å². The van der Waals surface area contributed by atoms with Crippen molar-refractivity contribution in [1.29, 1.82) is 0 Å². The van der Waals surface area contributed by atoms with Crippen LogP contribution in [0, 0.1) is 13.8 Å². The van der Waals surface area contributed by atoms with Crippen LogP contribution in [0.5, 0.6) is 0 Å². The van der Waals surface area contributed by atoms with Gasteiger partial charge in [-0.15, -0.1) is 0 Å². The van der Waals surface area contributed by atoms with Gasteiger partial charge in [-0.25, -0.2) is 0 Å². The van der Waals surface area contributed by atoms with E-state index in [1.807, 2.05) is 20.8 Å². The average molecular weight is 395 g/mol. The van der Waals surface area contributed by atoms with Crippen LogP contribution in [-0.4, -0.2) is 42.7 Å². The molecule has 0 aromatic heterocycles. The van der Waals surface area contributed by atoms with E-state index in [1.54, 1.807) is 19.0 Å². The van der Waals surface area contributed by atoms with E-state index in [4.69, 9.17) is 0 Å². The Hall–Kier alpha value is -2.33. The standard InChI is InChI=1S/C25H34N2O2/c1-16-10-17(2)12-19(11-16)23-14-20-13-21(25(4,5)24(29)26(6)7)8-9-22(20)27(23)15-18(3)28/h8-13,18,23,28H,14-15H2,1-7H3. The monoisotopic (exact) mass is 394 g/mol. The molecule has 2 atom stereocenters. The summed E-state index contributed by atoms with van der Waals surface area (Å²) >= 11 is 0. The summed E-state index contributed by atoms with van der Waals surface area (Å²) in [6.45, 7) is 10.7. The van der Waals surface area contributed by atoms with Crippen molar-refractivity contribution >= 4 is 11.6 Å². The third-order valence-electron chi connectivity index (χ3n) is 5.93. The van der Waals surface area contributed by atoms with Crippen LogP contribution in [0.15, 0.2) is 36.4 Å². The summed E-state index contributed by atoms with van der Waals surface area (Å²) in [6.07, 6.45) is 0.464. The number of aryl methyl sites for hydroxylation is 2. The van der Waals surface area contributed by atoms with Crippen LogP contribution in [0.2, 0.25) is 0 Å². The van der Waals surface area contributed by atoms with Gasteiger partial charge < -0.3 is 14.9 Å². The molecular formula is C25H34N2O2. The fourth-order valence-corrected chi connectivity index (χ4v) is 4.60. The molecule has 0 bridgehead atoms. The van der Waals surface area contributed by atoms with Crippen molar-refractivity contribution in [3.63, 3.8) is 0 Å². The molecule has 29 heavy (non-hydrogen) atoms. The number of hydrogen-bond donors (Lipinski definition) is 1. The number of carbonyl (C=O) groups is 1. The first-order chi connectivity index (χ1) is 13.5. The number of rotatable bonds is 5. The number of β-amino-alcohol motifs (C(OH)–C–C–N with tert-alkyl or cyclic N) is 1. The maximum atomic E-state index is 12.7. The number of amides is 1. The van der Waals surface area contributed by atoms with E-state index in [2.05, 4.69) is 55.1 Å². The number of fused-ring (bicyclic) bond motifs is 1. The van der Waals surface area contributed by atoms with E-state index in [0.717, 1.165) is 17.7 Å². The Morgan fingerprint density at radius 3 is 2.34 bits per heavy atom. The van der Waals surface area contributed by atoms with Gasteiger partial charge in [0.15, 0.2) is 0 Å². The second-order valence-electron chi connectivity index (χ2n) is 9.31. The molecule has 0 spiro atoms. The number of aliphatic hydroxyl groups excluding tert-OH is 1. The SMILES string of the molecule is Cc1cc(C)cc(C2Cc3cc(C(C)(C)C(=O)N(C)C)ccc3N2CC(C)O)c1. The number of nitrogens with zero attached hydrogens (tertiary/aromatic N) is 2. The minimum absolute atomic E-state index is 0.0992. The van der Waals surface area contributed by atoms with Gasteiger partial charge in [0.05, 0.1) is 17.6 Å². The molecule has 0 fully saturated rings. The number of hydrogen-bond acceptors (Lipinski definition) is 3. The molecule has 0 radical (unpaired) electrons. The first kappa shape index (κ1) is 21.4. The lowest BCUT2D eigenvalue weighted by atomic mass is 9.82. The van der Waals surface area contributed by atoms with Gasteiger partial charge in [0, 0.05) is 26.3 Å². The van der Waals surface area contributed by atoms with Gasteiger partial charge >= 0.3 is 0 Å². The van der Waals surface area contributed by atoms with Gasteiger partial charge in [-0.2, -0.15) is 0 Å². The summed E-state index contributed by atoms with van der Waals surface area (Å²) in [6, 6.07) is 13.3. The molecular weight excluding hydrogens is 360 g/mol. The fraction of sp³-hybridized carbons (Fsp3) is 0.480. The Bertz CT molecular complexity index is 895. The highest BCUT2D eigenvalue weighted by Gasteiger charge is 2.35. The maximum Gasteiger partial charge on any atom is 0.232 e. The average Bonchev–Trinajstić information content (AvgIpc) is 2.97. The molecule has 0 saturated heterocycles. The molecule has 156 valence electrons. The third kappa shape index (κ3) is 4.18. The molecule has 2 unspecified atom stereocenters. The Kier molecular flexibility index (Phi) is 5.77. The predicted octanol–water partition coefficient (Wildman–Crippen LogP) is 4.15. The van der Waals surface area contributed by atoms with Gasteiger partial charge in [0.1, 0.15) is 0 Å². The van der Waals surface area contributed by atoms with Gasteiger partial charge in [-0.1, -0.05) is 41.5 Å². The second kappa shape index (κ2) is 7.83. The van der Waals surface area contributed by atoms with Crippen LogP contribution >= 0.6 is 0 Å². The first-order valence-electron chi connectivity index (χ1n) is 10.4. The molecule has 1 aliphatic heterocycles. The lowest BCUT2D eigenvalue weighted by Crippen LogP contribution is -2.39. The molecule has 2 aromatic carbocycles. The highest BCUT2D eigenvalue weighted by Crippen LogP contribution is 2.42. The quantitative estimate of drug-likeness (QED) is 0.828. The molecule has 0 saturated carbocycles. The number of anilines is 1. The van der Waals surface area contributed by atoms with Crippen LogP contribution < -0.4 is 4.90 Å². The van der Waals surface area contributed by atoms with Crippen molar-refractivity contribution in [2.45, 2.75) is 58.6 Å². The Morgan fingerprint density at radius 1 is 1.17 bits per heavy atom. The summed E-state index contributed by atoms with van der Waals surface area (Å²) < 4.78 is 0. The molecule has 0 aliphatic carbocycles. The van der Waals surface area contributed by atoms with Crippen LogP contribution in [-0.2, 0) is 16.6 Å². The van der Waals surface area contributed by atoms with Crippen molar-refractivity contribution in [2.24, 2.45) is 0 Å². The summed E-state index contributed by atoms with van der Waals surface area (Å²) in [5.41, 5.74) is 6.65. The molecule has 1 amide bonds. The topological polar surface area (TPSA) is 43.8 Å². The van der Waals surface area contributed by atoms with Gasteiger partial charge in [-0.3, -0.25) is 4.79 Å². The second-order valence-corrected chi connectivity index (χ2v) is 9.31. The zero-order chi connectivity index (χ0) is 21.5. The molecule has 3 rings (SSSR count). The highest BCUT2D eigenvalue weighted by atomic mass is 16.3. The van der Waals surface area contributed by atoms with Crippen LogP contribution in [0.4, 0.5) is 5.69 Å². The van der Waals surface area contributed by atoms with E-state index in [-0.39, 0.29) is 11.9 Å². The van der Waals surface area contributed by atoms with E-state index in [9.17, 15) is 9.90 Å². The maximum absolute atomic E-state index is 12.7. The number of aliphatic hydroxyl groups is 1. The molecule has 1 aliphatic rings. The molecule has 4 heteroatoms. The molecule has 4 nitrogen and oxygen atoms in total. The summed E-state index contributed by atoms with van der Waals surface area (Å²) in [4.78, 5) is 16.7. The lowest BCUT2D eigenvalue weighted by Gasteiger charge is -2.30. The number of benzene rings is 2. The van der Waals surface area contributed by atoms with Crippen LogP contribution in [0.25, 0.3) is 0 Å². The van der Waals surface area contributed by atoms with E-state index < -0.39 is 11.5 Å². The lowest BCUT2D eigenvalue weighted by molar-refractivity contribution is -0.133. The first-order valence-corrected chi connectivity index (χ1v) is 10.4. The smallest absolute Gasteiger partial charge is 0.232 e. The number of carbonyl (C=O) groups excluding carboxylic acids is 1. The molecule has 1 N–H and O–H groups in total. The van der Waals surface area contributed by atoms with Crippen molar-refractivity contribution in [1.82, 2.24) is 4.90 Å². The largest absolute Gasteiger partial charge is 0.392 e. The molecule has 1 heterocycles. The summed E-state index contributed by atoms with van der Waals surface area (Å²) in [5.74, 6) is 0.0992. The Balaban J connectivity index is 2.03. The van der Waals surface area contributed by atoms with E-state index >= 15 is 0 Å².